The molecule has 16 heavy (non-hydrogen) atoms. The molecule has 0 heterocycles. The van der Waals surface area contributed by atoms with Crippen molar-refractivity contribution in [3.05, 3.63) is 43.0 Å². The predicted molar refractivity (Wildman–Crippen MR) is 61.2 cm³/mol. The molecule has 0 fully saturated rings. The molecule has 0 atom stereocenters. The zero-order valence-corrected chi connectivity index (χ0v) is 15.7. The van der Waals surface area contributed by atoms with Gasteiger partial charge in [0.25, 0.3) is 0 Å². The summed E-state index contributed by atoms with van der Waals surface area (Å²) in [4.78, 5) is 0. The van der Waals surface area contributed by atoms with Crippen LogP contribution in [0.2, 0.25) is 11.5 Å². The largest absolute Gasteiger partial charge is 1.00 e. The first-order chi connectivity index (χ1) is 6.79. The van der Waals surface area contributed by atoms with E-state index in [0.29, 0.717) is 0 Å². The first kappa shape index (κ1) is 17.0. The summed E-state index contributed by atoms with van der Waals surface area (Å²) in [5.74, 6) is 5.15. The summed E-state index contributed by atoms with van der Waals surface area (Å²) < 4.78 is 3.73. The molecule has 0 aliphatic heterocycles. The van der Waals surface area contributed by atoms with Gasteiger partial charge in [-0.3, -0.25) is 0 Å². The van der Waals surface area contributed by atoms with Gasteiger partial charge < -0.3 is 24.8 Å². The first-order valence-electron chi connectivity index (χ1n) is 5.18. The van der Waals surface area contributed by atoms with Gasteiger partial charge in [0.15, 0.2) is 0 Å². The Morgan fingerprint density at radius 1 is 0.938 bits per heavy atom. The first-order valence-corrected chi connectivity index (χ1v) is 19.3. The van der Waals surface area contributed by atoms with Gasteiger partial charge in [-0.2, -0.15) is 0 Å². The van der Waals surface area contributed by atoms with Crippen molar-refractivity contribution in [3.8, 4) is 0 Å². The molecule has 2 aliphatic carbocycles. The Kier molecular flexibility index (Phi) is 8.63. The van der Waals surface area contributed by atoms with Gasteiger partial charge in [0.2, 0.25) is 0 Å². The van der Waals surface area contributed by atoms with Gasteiger partial charge in [-0.25, -0.2) is 0 Å². The SMILES string of the molecule is [CH3][Ge]([CH3])=[Zr+2]([C]1=CC=CC1)[C]1=CC=CC1.[Cl-].[Cl-]. The fourth-order valence-electron chi connectivity index (χ4n) is 2.11. The van der Waals surface area contributed by atoms with Crippen LogP contribution in [0.5, 0.6) is 0 Å². The Balaban J connectivity index is 0.00000112. The molecule has 0 nitrogen and oxygen atoms in total. The van der Waals surface area contributed by atoms with Crippen molar-refractivity contribution in [1.29, 1.82) is 0 Å². The van der Waals surface area contributed by atoms with Crippen LogP contribution in [0, 0.1) is 0 Å². The molecule has 4 heteroatoms. The van der Waals surface area contributed by atoms with Crippen molar-refractivity contribution in [2.75, 3.05) is 0 Å². The third-order valence-electron chi connectivity index (χ3n) is 2.68. The molecule has 86 valence electrons. The normalized spacial score (nSPS) is 15.6. The van der Waals surface area contributed by atoms with Crippen LogP contribution in [-0.4, -0.2) is 9.98 Å². The summed E-state index contributed by atoms with van der Waals surface area (Å²) in [6, 6.07) is 0. The van der Waals surface area contributed by atoms with Gasteiger partial charge in [0.1, 0.15) is 0 Å². The van der Waals surface area contributed by atoms with E-state index in [-0.39, 0.29) is 24.8 Å². The van der Waals surface area contributed by atoms with Crippen molar-refractivity contribution in [1.82, 2.24) is 0 Å². The van der Waals surface area contributed by atoms with E-state index in [9.17, 15) is 0 Å². The summed E-state index contributed by atoms with van der Waals surface area (Å²) >= 11 is -1.26. The van der Waals surface area contributed by atoms with E-state index in [2.05, 4.69) is 48.0 Å². The second kappa shape index (κ2) is 8.14. The van der Waals surface area contributed by atoms with Gasteiger partial charge in [0.05, 0.1) is 0 Å². The Bertz CT molecular complexity index is 367. The summed E-state index contributed by atoms with van der Waals surface area (Å²) in [6.07, 6.45) is 16.6. The maximum absolute atomic E-state index is 2.58. The van der Waals surface area contributed by atoms with Crippen LogP contribution < -0.4 is 24.8 Å². The molecule has 0 saturated carbocycles. The van der Waals surface area contributed by atoms with E-state index in [4.69, 9.17) is 0 Å². The molecule has 0 N–H and O–H groups in total. The Morgan fingerprint density at radius 3 is 1.62 bits per heavy atom. The molecule has 0 amide bonds. The number of allylic oxidation sites excluding steroid dienone is 8. The van der Waals surface area contributed by atoms with E-state index in [1.165, 1.54) is 12.8 Å². The van der Waals surface area contributed by atoms with Gasteiger partial charge in [0, 0.05) is 0 Å². The molecule has 0 bridgehead atoms. The molecule has 0 unspecified atom stereocenters. The third-order valence-corrected chi connectivity index (χ3v) is 30.5. The fraction of sp³-hybridized carbons (Fsp3) is 0.333. The van der Waals surface area contributed by atoms with E-state index < -0.39 is 28.6 Å². The van der Waals surface area contributed by atoms with E-state index >= 15 is 0 Å². The minimum absolute atomic E-state index is 0. The summed E-state index contributed by atoms with van der Waals surface area (Å²) in [6.45, 7) is 0. The quantitative estimate of drug-likeness (QED) is 0.456. The molecular formula is C12H16Cl2GeZr. The van der Waals surface area contributed by atoms with Crippen LogP contribution in [0.25, 0.3) is 0 Å². The molecule has 2 aliphatic rings. The summed E-state index contributed by atoms with van der Waals surface area (Å²) in [5, 5.41) is 0. The molecule has 0 aromatic heterocycles. The monoisotopic (exact) mass is 394 g/mol. The van der Waals surface area contributed by atoms with Gasteiger partial charge >= 0.3 is 96.0 Å². The van der Waals surface area contributed by atoms with Crippen molar-refractivity contribution < 1.29 is 43.4 Å². The maximum atomic E-state index is 2.58. The van der Waals surface area contributed by atoms with Crippen molar-refractivity contribution in [3.63, 3.8) is 0 Å². The van der Waals surface area contributed by atoms with Gasteiger partial charge in [-0.05, 0) is 0 Å². The number of hydrogen-bond acceptors (Lipinski definition) is 0. The number of hydrogen-bond donors (Lipinski definition) is 0. The van der Waals surface area contributed by atoms with Crippen molar-refractivity contribution in [2.24, 2.45) is 0 Å². The molecule has 0 aromatic carbocycles. The summed E-state index contributed by atoms with van der Waals surface area (Å²) in [5.41, 5.74) is 0. The van der Waals surface area contributed by atoms with Crippen molar-refractivity contribution >= 4 is 9.98 Å². The smallest absolute Gasteiger partial charge is 1.00 e. The minimum atomic E-state index is -1.26. The van der Waals surface area contributed by atoms with Crippen LogP contribution in [-0.2, 0) is 18.6 Å². The average Bonchev–Trinajstić information content (AvgIpc) is 2.75. The molecule has 0 spiro atoms. The summed E-state index contributed by atoms with van der Waals surface area (Å²) in [7, 11) is -0.676. The molecule has 0 saturated heterocycles. The number of rotatable bonds is 2. The van der Waals surface area contributed by atoms with E-state index in [0.717, 1.165) is 0 Å². The van der Waals surface area contributed by atoms with Gasteiger partial charge in [-0.1, -0.05) is 0 Å². The van der Waals surface area contributed by atoms with Crippen LogP contribution in [0.1, 0.15) is 12.8 Å². The van der Waals surface area contributed by atoms with Crippen LogP contribution in [0.4, 0.5) is 0 Å². The average molecular weight is 395 g/mol. The standard InChI is InChI=1S/2C5H5.C2H6Ge.2ClH.Zr/c2*1-2-4-5-3-1;1-3-2;;;/h2*1-3H,4H2;1-2H3;2*1H;/q;;;;;+2/p-2. The predicted octanol–water partition coefficient (Wildman–Crippen LogP) is -2.45. The number of halogens is 2. The van der Waals surface area contributed by atoms with E-state index in [1.807, 2.05) is 6.56 Å². The topological polar surface area (TPSA) is 0 Å². The van der Waals surface area contributed by atoms with Crippen LogP contribution in [0.3, 0.4) is 0 Å². The van der Waals surface area contributed by atoms with Gasteiger partial charge in [-0.15, -0.1) is 0 Å². The molecule has 0 radical (unpaired) electrons. The second-order valence-corrected chi connectivity index (χ2v) is 32.2. The van der Waals surface area contributed by atoms with Crippen LogP contribution in [0.15, 0.2) is 43.0 Å². The van der Waals surface area contributed by atoms with Crippen molar-refractivity contribution in [2.45, 2.75) is 24.4 Å². The zero-order valence-electron chi connectivity index (χ0n) is 9.63. The Hall–Kier alpha value is 0.966. The van der Waals surface area contributed by atoms with E-state index in [1.54, 1.807) is 0 Å². The maximum Gasteiger partial charge on any atom is -1.00 e. The zero-order chi connectivity index (χ0) is 9.97. The Morgan fingerprint density at radius 2 is 1.38 bits per heavy atom. The Labute approximate surface area is 120 Å². The molecule has 0 aromatic rings. The molecule has 2 rings (SSSR count). The third kappa shape index (κ3) is 4.01. The molecular weight excluding hydrogens is 379 g/mol. The second-order valence-electron chi connectivity index (χ2n) is 4.02. The minimum Gasteiger partial charge on any atom is -1.00 e. The fourth-order valence-corrected chi connectivity index (χ4v) is 29.7. The van der Waals surface area contributed by atoms with Crippen LogP contribution >= 0.6 is 0 Å².